The summed E-state index contributed by atoms with van der Waals surface area (Å²) in [5.74, 6) is 1.31. The molecule has 0 aliphatic heterocycles. The number of methoxy groups -OCH3 is 1. The van der Waals surface area contributed by atoms with Gasteiger partial charge in [0.25, 0.3) is 5.89 Å². The van der Waals surface area contributed by atoms with Gasteiger partial charge in [0.15, 0.2) is 0 Å². The molecule has 0 radical (unpaired) electrons. The quantitative estimate of drug-likeness (QED) is 0.732. The molecule has 0 spiro atoms. The van der Waals surface area contributed by atoms with Crippen molar-refractivity contribution in [3.05, 3.63) is 42.6 Å². The van der Waals surface area contributed by atoms with Gasteiger partial charge in [0.2, 0.25) is 11.7 Å². The molecule has 0 unspecified atom stereocenters. The number of ether oxygens (including phenoxy) is 1. The van der Waals surface area contributed by atoms with Gasteiger partial charge in [-0.2, -0.15) is 4.98 Å². The summed E-state index contributed by atoms with van der Waals surface area (Å²) in [6.45, 7) is 0. The number of hydrogen-bond acceptors (Lipinski definition) is 6. The van der Waals surface area contributed by atoms with E-state index in [1.807, 2.05) is 12.1 Å². The molecular weight excluding hydrogens is 334 g/mol. The third kappa shape index (κ3) is 3.64. The second kappa shape index (κ2) is 6.83. The number of aromatic nitrogens is 3. The van der Waals surface area contributed by atoms with E-state index in [2.05, 4.69) is 25.8 Å². The molecule has 2 aromatic heterocycles. The Morgan fingerprint density at radius 2 is 2.12 bits per heavy atom. The molecule has 1 aliphatic carbocycles. The predicted molar refractivity (Wildman–Crippen MR) is 94.7 cm³/mol. The van der Waals surface area contributed by atoms with Gasteiger partial charge in [-0.05, 0) is 37.1 Å². The van der Waals surface area contributed by atoms with Crippen LogP contribution in [-0.2, 0) is 0 Å². The number of nitrogens with zero attached hydrogens (tertiary/aromatic N) is 3. The normalized spacial score (nSPS) is 13.3. The number of rotatable bonds is 5. The summed E-state index contributed by atoms with van der Waals surface area (Å²) in [4.78, 5) is 20.4. The van der Waals surface area contributed by atoms with Crippen LogP contribution in [0.2, 0.25) is 0 Å². The standard InChI is InChI=1S/C18H17N5O3/c1-25-15-8-5-12(10-19-15)16-22-17(26-23-16)11-3-2-4-14(9-11)21-18(24)20-13-6-7-13/h2-5,8-10,13H,6-7H2,1H3,(H2,20,21,24). The molecule has 3 aromatic rings. The van der Waals surface area contributed by atoms with Gasteiger partial charge in [-0.3, -0.25) is 0 Å². The summed E-state index contributed by atoms with van der Waals surface area (Å²) in [5, 5.41) is 9.68. The average molecular weight is 351 g/mol. The molecule has 132 valence electrons. The Morgan fingerprint density at radius 3 is 2.85 bits per heavy atom. The fourth-order valence-electron chi connectivity index (χ4n) is 2.40. The van der Waals surface area contributed by atoms with Crippen molar-refractivity contribution in [1.82, 2.24) is 20.4 Å². The Morgan fingerprint density at radius 1 is 1.23 bits per heavy atom. The molecular formula is C18H17N5O3. The predicted octanol–water partition coefficient (Wildman–Crippen LogP) is 3.09. The molecule has 1 fully saturated rings. The monoisotopic (exact) mass is 351 g/mol. The van der Waals surface area contributed by atoms with E-state index in [9.17, 15) is 4.79 Å². The largest absolute Gasteiger partial charge is 0.481 e. The molecule has 2 heterocycles. The molecule has 2 amide bonds. The summed E-state index contributed by atoms with van der Waals surface area (Å²) >= 11 is 0. The van der Waals surface area contributed by atoms with Crippen molar-refractivity contribution >= 4 is 11.7 Å². The Balaban J connectivity index is 1.51. The maximum absolute atomic E-state index is 11.9. The van der Waals surface area contributed by atoms with Crippen LogP contribution in [0.1, 0.15) is 12.8 Å². The SMILES string of the molecule is COc1ccc(-c2noc(-c3cccc(NC(=O)NC4CC4)c3)n2)cn1. The van der Waals surface area contributed by atoms with Crippen LogP contribution in [0.4, 0.5) is 10.5 Å². The molecule has 0 atom stereocenters. The van der Waals surface area contributed by atoms with E-state index in [1.54, 1.807) is 37.6 Å². The Labute approximate surface area is 149 Å². The first-order chi connectivity index (χ1) is 12.7. The van der Waals surface area contributed by atoms with E-state index in [1.165, 1.54) is 0 Å². The number of hydrogen-bond donors (Lipinski definition) is 2. The summed E-state index contributed by atoms with van der Waals surface area (Å²) < 4.78 is 10.4. The third-order valence-corrected chi connectivity index (χ3v) is 3.91. The minimum atomic E-state index is -0.208. The van der Waals surface area contributed by atoms with E-state index < -0.39 is 0 Å². The average Bonchev–Trinajstić information content (AvgIpc) is 3.33. The summed E-state index contributed by atoms with van der Waals surface area (Å²) in [6.07, 6.45) is 3.70. The number of benzene rings is 1. The minimum Gasteiger partial charge on any atom is -0.481 e. The van der Waals surface area contributed by atoms with Gasteiger partial charge in [-0.1, -0.05) is 11.2 Å². The lowest BCUT2D eigenvalue weighted by Crippen LogP contribution is -2.30. The molecule has 0 bridgehead atoms. The van der Waals surface area contributed by atoms with Crippen molar-refractivity contribution in [3.63, 3.8) is 0 Å². The van der Waals surface area contributed by atoms with Crippen LogP contribution in [0, 0.1) is 0 Å². The molecule has 8 heteroatoms. The summed E-state index contributed by atoms with van der Waals surface area (Å²) in [7, 11) is 1.56. The van der Waals surface area contributed by atoms with E-state index in [-0.39, 0.29) is 6.03 Å². The third-order valence-electron chi connectivity index (χ3n) is 3.91. The zero-order chi connectivity index (χ0) is 17.9. The van der Waals surface area contributed by atoms with Gasteiger partial charge in [-0.15, -0.1) is 0 Å². The first-order valence-electron chi connectivity index (χ1n) is 8.23. The first-order valence-corrected chi connectivity index (χ1v) is 8.23. The van der Waals surface area contributed by atoms with E-state index in [0.29, 0.717) is 29.3 Å². The van der Waals surface area contributed by atoms with Crippen LogP contribution in [0.15, 0.2) is 47.1 Å². The number of pyridine rings is 1. The zero-order valence-corrected chi connectivity index (χ0v) is 14.1. The summed E-state index contributed by atoms with van der Waals surface area (Å²) in [5.41, 5.74) is 2.10. The Bertz CT molecular complexity index is 919. The molecule has 2 N–H and O–H groups in total. The fourth-order valence-corrected chi connectivity index (χ4v) is 2.40. The Hall–Kier alpha value is -3.42. The van der Waals surface area contributed by atoms with Crippen LogP contribution in [0.5, 0.6) is 5.88 Å². The highest BCUT2D eigenvalue weighted by atomic mass is 16.5. The number of amides is 2. The number of carbonyl (C=O) groups is 1. The molecule has 8 nitrogen and oxygen atoms in total. The Kier molecular flexibility index (Phi) is 4.22. The maximum atomic E-state index is 11.9. The van der Waals surface area contributed by atoms with E-state index in [0.717, 1.165) is 24.0 Å². The number of nitrogens with one attached hydrogen (secondary N) is 2. The molecule has 1 saturated carbocycles. The summed E-state index contributed by atoms with van der Waals surface area (Å²) in [6, 6.07) is 10.9. The van der Waals surface area contributed by atoms with Crippen molar-refractivity contribution < 1.29 is 14.1 Å². The fraction of sp³-hybridized carbons (Fsp3) is 0.222. The van der Waals surface area contributed by atoms with Crippen LogP contribution >= 0.6 is 0 Å². The van der Waals surface area contributed by atoms with Gasteiger partial charge < -0.3 is 19.9 Å². The zero-order valence-electron chi connectivity index (χ0n) is 14.1. The molecule has 1 aliphatic rings. The number of urea groups is 1. The molecule has 26 heavy (non-hydrogen) atoms. The lowest BCUT2D eigenvalue weighted by molar-refractivity contribution is 0.251. The minimum absolute atomic E-state index is 0.208. The highest BCUT2D eigenvalue weighted by Crippen LogP contribution is 2.25. The highest BCUT2D eigenvalue weighted by molar-refractivity contribution is 5.90. The van der Waals surface area contributed by atoms with Crippen LogP contribution in [0.25, 0.3) is 22.8 Å². The smallest absolute Gasteiger partial charge is 0.319 e. The van der Waals surface area contributed by atoms with E-state index >= 15 is 0 Å². The highest BCUT2D eigenvalue weighted by Gasteiger charge is 2.23. The van der Waals surface area contributed by atoms with Crippen molar-refractivity contribution in [3.8, 4) is 28.7 Å². The van der Waals surface area contributed by atoms with Crippen LogP contribution in [0.3, 0.4) is 0 Å². The van der Waals surface area contributed by atoms with Crippen LogP contribution < -0.4 is 15.4 Å². The van der Waals surface area contributed by atoms with Gasteiger partial charge in [0.05, 0.1) is 7.11 Å². The first kappa shape index (κ1) is 16.1. The van der Waals surface area contributed by atoms with Crippen molar-refractivity contribution in [2.24, 2.45) is 0 Å². The van der Waals surface area contributed by atoms with Gasteiger partial charge >= 0.3 is 6.03 Å². The van der Waals surface area contributed by atoms with Gasteiger partial charge in [0, 0.05) is 35.1 Å². The van der Waals surface area contributed by atoms with Crippen molar-refractivity contribution in [2.45, 2.75) is 18.9 Å². The number of anilines is 1. The molecule has 4 rings (SSSR count). The second-order valence-electron chi connectivity index (χ2n) is 5.97. The molecule has 0 saturated heterocycles. The maximum Gasteiger partial charge on any atom is 0.319 e. The van der Waals surface area contributed by atoms with Crippen molar-refractivity contribution in [1.29, 1.82) is 0 Å². The lowest BCUT2D eigenvalue weighted by atomic mass is 10.2. The lowest BCUT2D eigenvalue weighted by Gasteiger charge is -2.06. The van der Waals surface area contributed by atoms with Crippen molar-refractivity contribution in [2.75, 3.05) is 12.4 Å². The van der Waals surface area contributed by atoms with E-state index in [4.69, 9.17) is 9.26 Å². The number of carbonyl (C=O) groups excluding carboxylic acids is 1. The van der Waals surface area contributed by atoms with Gasteiger partial charge in [-0.25, -0.2) is 9.78 Å². The van der Waals surface area contributed by atoms with Crippen LogP contribution in [-0.4, -0.2) is 34.3 Å². The molecule has 1 aromatic carbocycles. The topological polar surface area (TPSA) is 102 Å². The second-order valence-corrected chi connectivity index (χ2v) is 5.97. The van der Waals surface area contributed by atoms with Gasteiger partial charge in [0.1, 0.15) is 0 Å².